The number of imidazole rings is 1. The molecule has 0 aliphatic heterocycles. The molecule has 0 spiro atoms. The second kappa shape index (κ2) is 9.93. The molecule has 2 heterocycles. The molecule has 0 radical (unpaired) electrons. The molecule has 0 atom stereocenters. The number of thiazole rings is 1. The fourth-order valence-electron chi connectivity index (χ4n) is 3.33. The number of aromatic nitrogens is 3. The van der Waals surface area contributed by atoms with Crippen LogP contribution >= 0.6 is 22.9 Å². The predicted molar refractivity (Wildman–Crippen MR) is 131 cm³/mol. The first-order valence-corrected chi connectivity index (χ1v) is 11.4. The number of hydrogen-bond acceptors (Lipinski definition) is 6. The molecule has 10 heteroatoms. The number of carbonyl (C=O) groups is 1. The molecule has 0 N–H and O–H groups in total. The number of nitro benzene ring substituents is 1. The summed E-state index contributed by atoms with van der Waals surface area (Å²) in [7, 11) is 0. The molecular weight excluding hydrogens is 462 g/mol. The molecule has 0 unspecified atom stereocenters. The molecule has 4 aromatic rings. The fraction of sp³-hybridized carbons (Fsp3) is 0.174. The Morgan fingerprint density at radius 3 is 2.94 bits per heavy atom. The summed E-state index contributed by atoms with van der Waals surface area (Å²) in [6.45, 7) is 3.05. The smallest absolute Gasteiger partial charge is 0.270 e. The maximum Gasteiger partial charge on any atom is 0.270 e. The molecule has 1 amide bonds. The third-order valence-corrected chi connectivity index (χ3v) is 6.54. The number of hydrogen-bond donors (Lipinski definition) is 0. The van der Waals surface area contributed by atoms with E-state index in [2.05, 4.69) is 4.98 Å². The van der Waals surface area contributed by atoms with Crippen molar-refractivity contribution in [3.63, 3.8) is 0 Å². The van der Waals surface area contributed by atoms with Crippen molar-refractivity contribution < 1.29 is 9.72 Å². The molecule has 0 bridgehead atoms. The molecule has 4 rings (SSSR count). The molecule has 2 aromatic carbocycles. The quantitative estimate of drug-likeness (QED) is 0.188. The van der Waals surface area contributed by atoms with Gasteiger partial charge in [-0.25, -0.2) is 9.97 Å². The molecule has 0 saturated heterocycles. The van der Waals surface area contributed by atoms with Gasteiger partial charge in [-0.1, -0.05) is 35.1 Å². The van der Waals surface area contributed by atoms with Crippen molar-refractivity contribution in [1.82, 2.24) is 14.5 Å². The molecular formula is C23H20ClN5O3S. The van der Waals surface area contributed by atoms with E-state index < -0.39 is 4.92 Å². The van der Waals surface area contributed by atoms with Crippen LogP contribution in [0.3, 0.4) is 0 Å². The second-order valence-corrected chi connectivity index (χ2v) is 8.76. The Morgan fingerprint density at radius 2 is 2.18 bits per heavy atom. The molecule has 0 saturated carbocycles. The third kappa shape index (κ3) is 5.27. The van der Waals surface area contributed by atoms with Gasteiger partial charge in [0.25, 0.3) is 11.6 Å². The molecule has 8 nitrogen and oxygen atoms in total. The zero-order chi connectivity index (χ0) is 23.4. The lowest BCUT2D eigenvalue weighted by Crippen LogP contribution is -2.30. The number of benzene rings is 2. The predicted octanol–water partition coefficient (Wildman–Crippen LogP) is 5.50. The number of halogens is 1. The first-order valence-electron chi connectivity index (χ1n) is 10.2. The zero-order valence-corrected chi connectivity index (χ0v) is 19.3. The first kappa shape index (κ1) is 22.6. The Labute approximate surface area is 198 Å². The summed E-state index contributed by atoms with van der Waals surface area (Å²) in [5.74, 6) is -0.255. The zero-order valence-electron chi connectivity index (χ0n) is 17.7. The number of non-ortho nitro benzene ring substituents is 1. The van der Waals surface area contributed by atoms with Crippen molar-refractivity contribution in [3.05, 3.63) is 87.5 Å². The van der Waals surface area contributed by atoms with Crippen molar-refractivity contribution in [1.29, 1.82) is 0 Å². The molecule has 0 fully saturated rings. The number of nitrogens with zero attached hydrogens (tertiary/aromatic N) is 5. The Kier molecular flexibility index (Phi) is 6.81. The average molecular weight is 482 g/mol. The van der Waals surface area contributed by atoms with Crippen LogP contribution in [0.4, 0.5) is 10.8 Å². The van der Waals surface area contributed by atoms with Crippen LogP contribution in [0.5, 0.6) is 0 Å². The van der Waals surface area contributed by atoms with Crippen LogP contribution in [0.1, 0.15) is 17.5 Å². The van der Waals surface area contributed by atoms with Crippen LogP contribution in [-0.4, -0.2) is 31.9 Å². The van der Waals surface area contributed by atoms with E-state index in [1.54, 1.807) is 35.6 Å². The van der Waals surface area contributed by atoms with Crippen LogP contribution in [0.2, 0.25) is 5.02 Å². The highest BCUT2D eigenvalue weighted by Gasteiger charge is 2.19. The standard InChI is InChI=1S/C23H20ClN5O3S/c1-16-19(24)7-8-20-22(16)26-23(33-20)28(12-3-11-27-13-10-25-15-27)21(30)9-6-17-4-2-5-18(14-17)29(31)32/h2,4-10,13-15H,3,11-12H2,1H3/b9-6+. The summed E-state index contributed by atoms with van der Waals surface area (Å²) < 4.78 is 2.89. The van der Waals surface area contributed by atoms with Crippen LogP contribution in [0, 0.1) is 17.0 Å². The minimum absolute atomic E-state index is 0.0275. The number of anilines is 1. The van der Waals surface area contributed by atoms with E-state index >= 15 is 0 Å². The summed E-state index contributed by atoms with van der Waals surface area (Å²) in [4.78, 5) is 34.1. The van der Waals surface area contributed by atoms with E-state index in [-0.39, 0.29) is 11.6 Å². The van der Waals surface area contributed by atoms with E-state index in [0.717, 1.165) is 15.8 Å². The van der Waals surface area contributed by atoms with Crippen LogP contribution in [-0.2, 0) is 11.3 Å². The van der Waals surface area contributed by atoms with Crippen molar-refractivity contribution in [2.75, 3.05) is 11.4 Å². The maximum atomic E-state index is 13.2. The summed E-state index contributed by atoms with van der Waals surface area (Å²) >= 11 is 7.67. The fourth-order valence-corrected chi connectivity index (χ4v) is 4.54. The summed E-state index contributed by atoms with van der Waals surface area (Å²) in [6, 6.07) is 9.87. The van der Waals surface area contributed by atoms with Gasteiger partial charge in [0.05, 0.1) is 21.5 Å². The van der Waals surface area contributed by atoms with Gasteiger partial charge >= 0.3 is 0 Å². The Balaban J connectivity index is 1.60. The maximum absolute atomic E-state index is 13.2. The number of aryl methyl sites for hydroxylation is 2. The van der Waals surface area contributed by atoms with Gasteiger partial charge in [0.1, 0.15) is 0 Å². The molecule has 33 heavy (non-hydrogen) atoms. The summed E-state index contributed by atoms with van der Waals surface area (Å²) in [6.07, 6.45) is 9.01. The van der Waals surface area contributed by atoms with E-state index in [0.29, 0.717) is 35.2 Å². The van der Waals surface area contributed by atoms with E-state index in [4.69, 9.17) is 16.6 Å². The van der Waals surface area contributed by atoms with Gasteiger partial charge in [-0.15, -0.1) is 0 Å². The Bertz CT molecular complexity index is 1330. The van der Waals surface area contributed by atoms with E-state index in [1.807, 2.05) is 29.8 Å². The summed E-state index contributed by atoms with van der Waals surface area (Å²) in [5, 5.41) is 12.2. The Morgan fingerprint density at radius 1 is 1.33 bits per heavy atom. The minimum atomic E-state index is -0.462. The Hall–Kier alpha value is -3.56. The largest absolute Gasteiger partial charge is 0.337 e. The first-order chi connectivity index (χ1) is 15.9. The molecule has 2 aromatic heterocycles. The van der Waals surface area contributed by atoms with Crippen molar-refractivity contribution in [3.8, 4) is 0 Å². The summed E-state index contributed by atoms with van der Waals surface area (Å²) in [5.41, 5.74) is 2.19. The van der Waals surface area contributed by atoms with Crippen molar-refractivity contribution >= 4 is 56.0 Å². The normalized spacial score (nSPS) is 11.3. The third-order valence-electron chi connectivity index (χ3n) is 5.09. The number of nitro groups is 1. The van der Waals surface area contributed by atoms with Gasteiger partial charge < -0.3 is 4.57 Å². The SMILES string of the molecule is Cc1c(Cl)ccc2sc(N(CCCn3ccnc3)C(=O)/C=C/c3cccc([N+](=O)[O-])c3)nc12. The average Bonchev–Trinajstić information content (AvgIpc) is 3.48. The van der Waals surface area contributed by atoms with Gasteiger partial charge in [0.15, 0.2) is 5.13 Å². The van der Waals surface area contributed by atoms with E-state index in [9.17, 15) is 14.9 Å². The van der Waals surface area contributed by atoms with Crippen LogP contribution in [0.25, 0.3) is 16.3 Å². The number of rotatable bonds is 8. The lowest BCUT2D eigenvalue weighted by atomic mass is 10.2. The van der Waals surface area contributed by atoms with Gasteiger partial charge in [-0.2, -0.15) is 0 Å². The van der Waals surface area contributed by atoms with Gasteiger partial charge in [0, 0.05) is 48.7 Å². The highest BCUT2D eigenvalue weighted by atomic mass is 35.5. The van der Waals surface area contributed by atoms with Crippen LogP contribution in [0.15, 0.2) is 61.2 Å². The topological polar surface area (TPSA) is 94.2 Å². The highest BCUT2D eigenvalue weighted by Crippen LogP contribution is 2.33. The lowest BCUT2D eigenvalue weighted by Gasteiger charge is -2.18. The number of amides is 1. The minimum Gasteiger partial charge on any atom is -0.337 e. The van der Waals surface area contributed by atoms with Gasteiger partial charge in [-0.05, 0) is 42.7 Å². The number of carbonyl (C=O) groups excluding carboxylic acids is 1. The molecule has 0 aliphatic carbocycles. The lowest BCUT2D eigenvalue weighted by molar-refractivity contribution is -0.384. The van der Waals surface area contributed by atoms with Crippen molar-refractivity contribution in [2.45, 2.75) is 19.9 Å². The monoisotopic (exact) mass is 481 g/mol. The molecule has 168 valence electrons. The van der Waals surface area contributed by atoms with Crippen molar-refractivity contribution in [2.24, 2.45) is 0 Å². The van der Waals surface area contributed by atoms with E-state index in [1.165, 1.54) is 29.5 Å². The molecule has 0 aliphatic rings. The second-order valence-electron chi connectivity index (χ2n) is 7.34. The van der Waals surface area contributed by atoms with Gasteiger partial charge in [0.2, 0.25) is 0 Å². The van der Waals surface area contributed by atoms with Crippen LogP contribution < -0.4 is 4.90 Å². The highest BCUT2D eigenvalue weighted by molar-refractivity contribution is 7.22. The van der Waals surface area contributed by atoms with Gasteiger partial charge in [-0.3, -0.25) is 19.8 Å². The number of fused-ring (bicyclic) bond motifs is 1.